The van der Waals surface area contributed by atoms with Crippen LogP contribution in [0.4, 0.5) is 13.2 Å². The van der Waals surface area contributed by atoms with Gasteiger partial charge in [0.2, 0.25) is 0 Å². The molecule has 1 N–H and O–H groups in total. The fourth-order valence-electron chi connectivity index (χ4n) is 1.36. The molecule has 0 heterocycles. The Morgan fingerprint density at radius 1 is 1.42 bits per heavy atom. The van der Waals surface area contributed by atoms with Crippen LogP contribution in [0.2, 0.25) is 0 Å². The van der Waals surface area contributed by atoms with Gasteiger partial charge < -0.3 is 10.1 Å². The lowest BCUT2D eigenvalue weighted by Crippen LogP contribution is -2.22. The molecule has 0 radical (unpaired) electrons. The van der Waals surface area contributed by atoms with E-state index in [1.807, 2.05) is 6.26 Å². The molecule has 0 aromatic heterocycles. The van der Waals surface area contributed by atoms with Gasteiger partial charge in [0.1, 0.15) is 5.75 Å². The number of ether oxygens (including phenoxy) is 1. The first-order chi connectivity index (χ1) is 8.81. The number of alkyl halides is 3. The van der Waals surface area contributed by atoms with Gasteiger partial charge in [-0.1, -0.05) is 13.0 Å². The van der Waals surface area contributed by atoms with Crippen LogP contribution in [0, 0.1) is 0 Å². The monoisotopic (exact) mass is 357 g/mol. The number of hydrogen-bond donors (Lipinski definition) is 1. The van der Waals surface area contributed by atoms with Crippen molar-refractivity contribution in [1.82, 2.24) is 5.32 Å². The maximum absolute atomic E-state index is 12.1. The van der Waals surface area contributed by atoms with E-state index in [0.717, 1.165) is 12.1 Å². The Morgan fingerprint density at radius 2 is 2.11 bits per heavy atom. The second-order valence-electron chi connectivity index (χ2n) is 3.99. The largest absolute Gasteiger partial charge is 0.573 e. The van der Waals surface area contributed by atoms with Crippen LogP contribution in [0.3, 0.4) is 0 Å². The number of thioether (sulfide) groups is 1. The minimum Gasteiger partial charge on any atom is -0.405 e. The van der Waals surface area contributed by atoms with Gasteiger partial charge in [-0.2, -0.15) is 11.8 Å². The zero-order valence-corrected chi connectivity index (χ0v) is 13.0. The molecular formula is C12H15BrF3NOS. The third-order valence-electron chi connectivity index (χ3n) is 2.39. The summed E-state index contributed by atoms with van der Waals surface area (Å²) >= 11 is 4.83. The summed E-state index contributed by atoms with van der Waals surface area (Å²) in [5.74, 6) is -0.228. The molecule has 1 aromatic carbocycles. The predicted octanol–water partition coefficient (Wildman–Crippen LogP) is 4.19. The van der Waals surface area contributed by atoms with Crippen molar-refractivity contribution in [2.45, 2.75) is 25.1 Å². The second kappa shape index (κ2) is 7.40. The van der Waals surface area contributed by atoms with Crippen molar-refractivity contribution in [2.24, 2.45) is 0 Å². The van der Waals surface area contributed by atoms with E-state index in [4.69, 9.17) is 0 Å². The van der Waals surface area contributed by atoms with Gasteiger partial charge in [0.15, 0.2) is 0 Å². The molecule has 7 heteroatoms. The lowest BCUT2D eigenvalue weighted by atomic mass is 10.2. The normalized spacial score (nSPS) is 13.4. The van der Waals surface area contributed by atoms with Crippen LogP contribution in [-0.4, -0.2) is 24.4 Å². The van der Waals surface area contributed by atoms with Crippen LogP contribution >= 0.6 is 27.7 Å². The van der Waals surface area contributed by atoms with Crippen molar-refractivity contribution in [1.29, 1.82) is 0 Å². The Bertz CT molecular complexity index is 414. The molecule has 1 atom stereocenters. The van der Waals surface area contributed by atoms with Crippen molar-refractivity contribution in [2.75, 3.05) is 12.8 Å². The highest BCUT2D eigenvalue weighted by Crippen LogP contribution is 2.31. The Morgan fingerprint density at radius 3 is 2.63 bits per heavy atom. The fourth-order valence-corrected chi connectivity index (χ4v) is 2.16. The van der Waals surface area contributed by atoms with Gasteiger partial charge in [-0.25, -0.2) is 0 Å². The molecule has 19 heavy (non-hydrogen) atoms. The first-order valence-corrected chi connectivity index (χ1v) is 7.67. The fraction of sp³-hybridized carbons (Fsp3) is 0.500. The summed E-state index contributed by atoms with van der Waals surface area (Å²) in [7, 11) is 0. The number of rotatable bonds is 6. The standard InChI is InChI=1S/C12H15BrF3NOS/c1-8(19-2)6-17-7-9-3-4-11(10(13)5-9)18-12(14,15)16/h3-5,8,17H,6-7H2,1-2H3. The summed E-state index contributed by atoms with van der Waals surface area (Å²) in [6.45, 7) is 3.56. The molecule has 1 unspecified atom stereocenters. The molecule has 0 aliphatic heterocycles. The van der Waals surface area contributed by atoms with Crippen LogP contribution in [0.25, 0.3) is 0 Å². The molecule has 0 aliphatic carbocycles. The summed E-state index contributed by atoms with van der Waals surface area (Å²) in [6.07, 6.45) is -2.64. The molecule has 0 aliphatic rings. The molecular weight excluding hydrogens is 343 g/mol. The molecule has 0 saturated carbocycles. The van der Waals surface area contributed by atoms with E-state index in [0.29, 0.717) is 16.3 Å². The van der Waals surface area contributed by atoms with Crippen LogP contribution in [-0.2, 0) is 6.54 Å². The summed E-state index contributed by atoms with van der Waals surface area (Å²) in [4.78, 5) is 0. The summed E-state index contributed by atoms with van der Waals surface area (Å²) in [5.41, 5.74) is 0.898. The highest BCUT2D eigenvalue weighted by Gasteiger charge is 2.31. The van der Waals surface area contributed by atoms with E-state index in [9.17, 15) is 13.2 Å². The van der Waals surface area contributed by atoms with Gasteiger partial charge in [-0.05, 0) is 39.9 Å². The number of benzene rings is 1. The molecule has 2 nitrogen and oxygen atoms in total. The Kier molecular flexibility index (Phi) is 6.49. The lowest BCUT2D eigenvalue weighted by molar-refractivity contribution is -0.274. The van der Waals surface area contributed by atoms with Gasteiger partial charge >= 0.3 is 6.36 Å². The van der Waals surface area contributed by atoms with Crippen molar-refractivity contribution in [3.05, 3.63) is 28.2 Å². The summed E-state index contributed by atoms with van der Waals surface area (Å²) in [5, 5.41) is 3.74. The smallest absolute Gasteiger partial charge is 0.405 e. The van der Waals surface area contributed by atoms with Gasteiger partial charge in [-0.3, -0.25) is 0 Å². The summed E-state index contributed by atoms with van der Waals surface area (Å²) < 4.78 is 40.5. The third-order valence-corrected chi connectivity index (χ3v) is 3.98. The third kappa shape index (κ3) is 6.54. The van der Waals surface area contributed by atoms with Crippen molar-refractivity contribution < 1.29 is 17.9 Å². The van der Waals surface area contributed by atoms with Crippen molar-refractivity contribution in [3.8, 4) is 5.75 Å². The number of nitrogens with one attached hydrogen (secondary N) is 1. The second-order valence-corrected chi connectivity index (χ2v) is 6.12. The Labute approximate surface area is 123 Å². The minimum absolute atomic E-state index is 0.228. The molecule has 108 valence electrons. The van der Waals surface area contributed by atoms with E-state index in [1.165, 1.54) is 6.07 Å². The Balaban J connectivity index is 2.57. The Hall–Kier alpha value is -0.400. The number of hydrogen-bond acceptors (Lipinski definition) is 3. The quantitative estimate of drug-likeness (QED) is 0.824. The van der Waals surface area contributed by atoms with Gasteiger partial charge in [0.05, 0.1) is 4.47 Å². The van der Waals surface area contributed by atoms with Gasteiger partial charge in [-0.15, -0.1) is 13.2 Å². The maximum atomic E-state index is 12.1. The van der Waals surface area contributed by atoms with Crippen LogP contribution < -0.4 is 10.1 Å². The SMILES string of the molecule is CSC(C)CNCc1ccc(OC(F)(F)F)c(Br)c1. The minimum atomic E-state index is -4.67. The average molecular weight is 358 g/mol. The molecule has 1 aromatic rings. The van der Waals surface area contributed by atoms with E-state index in [2.05, 4.69) is 32.9 Å². The van der Waals surface area contributed by atoms with Gasteiger partial charge in [0.25, 0.3) is 0 Å². The molecule has 1 rings (SSSR count). The van der Waals surface area contributed by atoms with Crippen LogP contribution in [0.15, 0.2) is 22.7 Å². The van der Waals surface area contributed by atoms with Crippen molar-refractivity contribution in [3.63, 3.8) is 0 Å². The first-order valence-electron chi connectivity index (χ1n) is 5.59. The molecule has 0 amide bonds. The zero-order valence-electron chi connectivity index (χ0n) is 10.6. The molecule has 0 bridgehead atoms. The van der Waals surface area contributed by atoms with Gasteiger partial charge in [0, 0.05) is 18.3 Å². The highest BCUT2D eigenvalue weighted by atomic mass is 79.9. The average Bonchev–Trinajstić information content (AvgIpc) is 2.31. The van der Waals surface area contributed by atoms with Crippen LogP contribution in [0.1, 0.15) is 12.5 Å². The van der Waals surface area contributed by atoms with E-state index in [1.54, 1.807) is 23.9 Å². The number of halogens is 4. The van der Waals surface area contributed by atoms with Crippen molar-refractivity contribution >= 4 is 27.7 Å². The van der Waals surface area contributed by atoms with E-state index in [-0.39, 0.29) is 5.75 Å². The van der Waals surface area contributed by atoms with E-state index < -0.39 is 6.36 Å². The topological polar surface area (TPSA) is 21.3 Å². The lowest BCUT2D eigenvalue weighted by Gasteiger charge is -2.13. The van der Waals surface area contributed by atoms with Crippen LogP contribution in [0.5, 0.6) is 5.75 Å². The maximum Gasteiger partial charge on any atom is 0.573 e. The first kappa shape index (κ1) is 16.7. The molecule has 0 spiro atoms. The molecule has 0 fully saturated rings. The summed E-state index contributed by atoms with van der Waals surface area (Å²) in [6, 6.07) is 4.55. The van der Waals surface area contributed by atoms with E-state index >= 15 is 0 Å². The highest BCUT2D eigenvalue weighted by molar-refractivity contribution is 9.10. The molecule has 0 saturated heterocycles. The zero-order chi connectivity index (χ0) is 14.5. The predicted molar refractivity (Wildman–Crippen MR) is 75.5 cm³/mol.